The predicted molar refractivity (Wildman–Crippen MR) is 113 cm³/mol. The summed E-state index contributed by atoms with van der Waals surface area (Å²) in [6.45, 7) is 9.25. The first kappa shape index (κ1) is 20.0. The standard InChI is InChI=1S/C21H27ClN4O3/c1-13-7-19(25-20(23)24-13)26-5-4-6-27-10-16(26)14-8-17-18(9-15(14)22)29-12-21(2,3)11-28-17/h7-9,16H,4-6,10-12H2,1-3H3,(H2,23,24,25)/t16-/m0/s1. The van der Waals surface area contributed by atoms with Crippen LogP contribution in [0.5, 0.6) is 11.5 Å². The molecule has 2 N–H and O–H groups in total. The van der Waals surface area contributed by atoms with Crippen LogP contribution in [0.25, 0.3) is 0 Å². The summed E-state index contributed by atoms with van der Waals surface area (Å²) in [6, 6.07) is 5.64. The molecule has 0 saturated carbocycles. The molecule has 7 nitrogen and oxygen atoms in total. The van der Waals surface area contributed by atoms with Gasteiger partial charge in [0.15, 0.2) is 11.5 Å². The van der Waals surface area contributed by atoms with Gasteiger partial charge in [0, 0.05) is 41.4 Å². The minimum Gasteiger partial charge on any atom is -0.489 e. The lowest BCUT2D eigenvalue weighted by Crippen LogP contribution is -2.32. The van der Waals surface area contributed by atoms with Crippen LogP contribution >= 0.6 is 11.6 Å². The van der Waals surface area contributed by atoms with Crippen LogP contribution in [0.1, 0.15) is 37.6 Å². The van der Waals surface area contributed by atoms with E-state index in [9.17, 15) is 0 Å². The molecule has 1 aromatic carbocycles. The van der Waals surface area contributed by atoms with Crippen molar-refractivity contribution in [1.82, 2.24) is 9.97 Å². The van der Waals surface area contributed by atoms with Crippen molar-refractivity contribution in [2.75, 3.05) is 43.6 Å². The van der Waals surface area contributed by atoms with Gasteiger partial charge in [-0.2, -0.15) is 4.98 Å². The van der Waals surface area contributed by atoms with Gasteiger partial charge in [0.1, 0.15) is 5.82 Å². The molecule has 156 valence electrons. The Balaban J connectivity index is 1.74. The predicted octanol–water partition coefficient (Wildman–Crippen LogP) is 3.79. The molecule has 2 aliphatic heterocycles. The molecule has 1 atom stereocenters. The van der Waals surface area contributed by atoms with E-state index in [1.54, 1.807) is 0 Å². The number of aromatic nitrogens is 2. The molecule has 2 aromatic rings. The van der Waals surface area contributed by atoms with E-state index in [1.165, 1.54) is 0 Å². The lowest BCUT2D eigenvalue weighted by molar-refractivity contribution is 0.134. The molecule has 2 aliphatic rings. The average Bonchev–Trinajstić information content (AvgIpc) is 2.97. The molecule has 1 aromatic heterocycles. The summed E-state index contributed by atoms with van der Waals surface area (Å²) in [4.78, 5) is 10.8. The monoisotopic (exact) mass is 418 g/mol. The number of nitrogen functional groups attached to an aromatic ring is 1. The van der Waals surface area contributed by atoms with Crippen molar-refractivity contribution >= 4 is 23.4 Å². The molecule has 0 aliphatic carbocycles. The number of nitrogens with two attached hydrogens (primary N) is 1. The van der Waals surface area contributed by atoms with Gasteiger partial charge in [-0.1, -0.05) is 25.4 Å². The fraction of sp³-hybridized carbons (Fsp3) is 0.524. The Bertz CT molecular complexity index is 885. The number of aryl methyl sites for hydroxylation is 1. The van der Waals surface area contributed by atoms with E-state index in [1.807, 2.05) is 25.1 Å². The van der Waals surface area contributed by atoms with Crippen LogP contribution in [0.2, 0.25) is 5.02 Å². The second-order valence-electron chi connectivity index (χ2n) is 8.43. The average molecular weight is 419 g/mol. The Morgan fingerprint density at radius 2 is 1.86 bits per heavy atom. The number of hydrogen-bond acceptors (Lipinski definition) is 7. The van der Waals surface area contributed by atoms with Crippen LogP contribution in [0.15, 0.2) is 18.2 Å². The van der Waals surface area contributed by atoms with Crippen LogP contribution in [-0.2, 0) is 4.74 Å². The van der Waals surface area contributed by atoms with Gasteiger partial charge >= 0.3 is 0 Å². The van der Waals surface area contributed by atoms with Crippen LogP contribution in [0.4, 0.5) is 11.8 Å². The van der Waals surface area contributed by atoms with Gasteiger partial charge in [0.05, 0.1) is 25.9 Å². The van der Waals surface area contributed by atoms with Crippen molar-refractivity contribution in [3.05, 3.63) is 34.5 Å². The number of ether oxygens (including phenoxy) is 3. The van der Waals surface area contributed by atoms with Crippen molar-refractivity contribution in [3.63, 3.8) is 0 Å². The number of nitrogens with zero attached hydrogens (tertiary/aromatic N) is 3. The van der Waals surface area contributed by atoms with Gasteiger partial charge in [-0.05, 0) is 25.0 Å². The minimum atomic E-state index is -0.121. The van der Waals surface area contributed by atoms with Crippen LogP contribution < -0.4 is 20.1 Å². The maximum Gasteiger partial charge on any atom is 0.222 e. The molecule has 0 spiro atoms. The quantitative estimate of drug-likeness (QED) is 0.794. The van der Waals surface area contributed by atoms with Gasteiger partial charge < -0.3 is 24.8 Å². The van der Waals surface area contributed by atoms with Crippen molar-refractivity contribution in [1.29, 1.82) is 0 Å². The Morgan fingerprint density at radius 1 is 1.14 bits per heavy atom. The van der Waals surface area contributed by atoms with Crippen LogP contribution in [0, 0.1) is 12.3 Å². The summed E-state index contributed by atoms with van der Waals surface area (Å²) >= 11 is 6.71. The fourth-order valence-corrected chi connectivity index (χ4v) is 3.93. The van der Waals surface area contributed by atoms with E-state index in [-0.39, 0.29) is 17.4 Å². The molecule has 1 saturated heterocycles. The smallest absolute Gasteiger partial charge is 0.222 e. The number of halogens is 1. The Hall–Kier alpha value is -2.25. The third-order valence-corrected chi connectivity index (χ3v) is 5.48. The molecule has 3 heterocycles. The molecule has 0 radical (unpaired) electrons. The summed E-state index contributed by atoms with van der Waals surface area (Å²) in [6.07, 6.45) is 0.885. The number of hydrogen-bond donors (Lipinski definition) is 1. The molecule has 29 heavy (non-hydrogen) atoms. The molecule has 0 unspecified atom stereocenters. The summed E-state index contributed by atoms with van der Waals surface area (Å²) in [5.41, 5.74) is 7.58. The van der Waals surface area contributed by atoms with E-state index in [0.29, 0.717) is 42.9 Å². The lowest BCUT2D eigenvalue weighted by Gasteiger charge is -2.31. The number of anilines is 2. The first-order valence-electron chi connectivity index (χ1n) is 9.87. The molecular weight excluding hydrogens is 392 g/mol. The Kier molecular flexibility index (Phi) is 5.44. The normalized spacial score (nSPS) is 21.4. The van der Waals surface area contributed by atoms with E-state index in [0.717, 1.165) is 30.0 Å². The number of benzene rings is 1. The zero-order valence-corrected chi connectivity index (χ0v) is 17.8. The maximum atomic E-state index is 6.71. The Morgan fingerprint density at radius 3 is 2.59 bits per heavy atom. The summed E-state index contributed by atoms with van der Waals surface area (Å²) in [7, 11) is 0. The zero-order chi connectivity index (χ0) is 20.6. The zero-order valence-electron chi connectivity index (χ0n) is 17.1. The molecule has 0 amide bonds. The van der Waals surface area contributed by atoms with E-state index >= 15 is 0 Å². The second kappa shape index (κ2) is 7.88. The number of fused-ring (bicyclic) bond motifs is 1. The highest BCUT2D eigenvalue weighted by atomic mass is 35.5. The molecule has 0 bridgehead atoms. The van der Waals surface area contributed by atoms with Gasteiger partial charge in [0.2, 0.25) is 5.95 Å². The highest BCUT2D eigenvalue weighted by Gasteiger charge is 2.30. The van der Waals surface area contributed by atoms with Crippen LogP contribution in [-0.4, -0.2) is 42.9 Å². The third kappa shape index (κ3) is 4.36. The summed E-state index contributed by atoms with van der Waals surface area (Å²) in [5.74, 6) is 2.41. The first-order chi connectivity index (χ1) is 13.8. The fourth-order valence-electron chi connectivity index (χ4n) is 3.65. The Labute approximate surface area is 176 Å². The lowest BCUT2D eigenvalue weighted by atomic mass is 9.97. The minimum absolute atomic E-state index is 0.0703. The largest absolute Gasteiger partial charge is 0.489 e. The summed E-state index contributed by atoms with van der Waals surface area (Å²) in [5, 5.41) is 0.617. The topological polar surface area (TPSA) is 82.7 Å². The van der Waals surface area contributed by atoms with Crippen molar-refractivity contribution < 1.29 is 14.2 Å². The third-order valence-electron chi connectivity index (χ3n) is 5.15. The van der Waals surface area contributed by atoms with E-state index in [2.05, 4.69) is 28.7 Å². The second-order valence-corrected chi connectivity index (χ2v) is 8.83. The summed E-state index contributed by atoms with van der Waals surface area (Å²) < 4.78 is 17.9. The van der Waals surface area contributed by atoms with E-state index in [4.69, 9.17) is 31.5 Å². The van der Waals surface area contributed by atoms with Gasteiger partial charge in [-0.25, -0.2) is 4.98 Å². The van der Waals surface area contributed by atoms with E-state index < -0.39 is 0 Å². The van der Waals surface area contributed by atoms with Gasteiger partial charge in [-0.3, -0.25) is 0 Å². The van der Waals surface area contributed by atoms with Crippen molar-refractivity contribution in [2.45, 2.75) is 33.2 Å². The SMILES string of the molecule is Cc1cc(N2CCCOC[C@H]2c2cc3c(cc2Cl)OCC(C)(C)CO3)nc(N)n1. The van der Waals surface area contributed by atoms with Crippen molar-refractivity contribution in [2.24, 2.45) is 5.41 Å². The molecule has 4 rings (SSSR count). The van der Waals surface area contributed by atoms with Crippen molar-refractivity contribution in [3.8, 4) is 11.5 Å². The van der Waals surface area contributed by atoms with Gasteiger partial charge in [-0.15, -0.1) is 0 Å². The highest BCUT2D eigenvalue weighted by Crippen LogP contribution is 2.42. The molecular formula is C21H27ClN4O3. The maximum absolute atomic E-state index is 6.71. The first-order valence-corrected chi connectivity index (χ1v) is 10.2. The molecule has 1 fully saturated rings. The van der Waals surface area contributed by atoms with Gasteiger partial charge in [0.25, 0.3) is 0 Å². The van der Waals surface area contributed by atoms with Crippen LogP contribution in [0.3, 0.4) is 0 Å². The number of rotatable bonds is 2. The highest BCUT2D eigenvalue weighted by molar-refractivity contribution is 6.31. The molecule has 8 heteroatoms.